The number of hydrogen-bond donors (Lipinski definition) is 1. The van der Waals surface area contributed by atoms with Crippen molar-refractivity contribution in [2.45, 2.75) is 25.7 Å². The third kappa shape index (κ3) is 4.06. The number of nitrogens with one attached hydrogen (secondary N) is 1. The van der Waals surface area contributed by atoms with Crippen LogP contribution in [-0.4, -0.2) is 16.1 Å². The van der Waals surface area contributed by atoms with Gasteiger partial charge in [0.25, 0.3) is 0 Å². The first-order chi connectivity index (χ1) is 11.8. The minimum atomic E-state index is -0.0495. The predicted molar refractivity (Wildman–Crippen MR) is 97.3 cm³/mol. The van der Waals surface area contributed by atoms with E-state index in [1.54, 1.807) is 0 Å². The van der Waals surface area contributed by atoms with Gasteiger partial charge in [0.2, 0.25) is 11.0 Å². The Kier molecular flexibility index (Phi) is 5.33. The molecule has 0 bridgehead atoms. The Morgan fingerprint density at radius 2 is 1.58 bits per heavy atom. The van der Waals surface area contributed by atoms with Crippen molar-refractivity contribution in [2.24, 2.45) is 0 Å². The van der Waals surface area contributed by atoms with E-state index in [9.17, 15) is 4.79 Å². The van der Waals surface area contributed by atoms with E-state index in [0.717, 1.165) is 22.6 Å². The summed E-state index contributed by atoms with van der Waals surface area (Å²) in [7, 11) is 0. The molecule has 0 atom stereocenters. The lowest BCUT2D eigenvalue weighted by atomic mass is 9.88. The zero-order valence-electron chi connectivity index (χ0n) is 13.5. The predicted octanol–water partition coefficient (Wildman–Crippen LogP) is 4.26. The van der Waals surface area contributed by atoms with E-state index >= 15 is 0 Å². The van der Waals surface area contributed by atoms with Gasteiger partial charge in [0.1, 0.15) is 5.01 Å². The smallest absolute Gasteiger partial charge is 0.227 e. The summed E-state index contributed by atoms with van der Waals surface area (Å²) >= 11 is 1.43. The molecule has 2 aromatic carbocycles. The molecule has 0 fully saturated rings. The molecule has 1 N–H and O–H groups in total. The Bertz CT molecular complexity index is 747. The van der Waals surface area contributed by atoms with Crippen molar-refractivity contribution in [1.29, 1.82) is 0 Å². The van der Waals surface area contributed by atoms with Crippen molar-refractivity contribution in [2.75, 3.05) is 5.32 Å². The van der Waals surface area contributed by atoms with Crippen LogP contribution in [0.3, 0.4) is 0 Å². The zero-order chi connectivity index (χ0) is 16.8. The quantitative estimate of drug-likeness (QED) is 0.731. The molecular weight excluding hydrogens is 318 g/mol. The molecule has 1 amide bonds. The fourth-order valence-electron chi connectivity index (χ4n) is 2.60. The molecule has 1 aromatic heterocycles. The molecule has 24 heavy (non-hydrogen) atoms. The normalized spacial score (nSPS) is 10.8. The number of aryl methyl sites for hydroxylation is 1. The Balaban J connectivity index is 1.78. The van der Waals surface area contributed by atoms with Crippen molar-refractivity contribution < 1.29 is 4.79 Å². The van der Waals surface area contributed by atoms with Gasteiger partial charge in [-0.25, -0.2) is 0 Å². The summed E-state index contributed by atoms with van der Waals surface area (Å²) in [6.07, 6.45) is 1.19. The summed E-state index contributed by atoms with van der Waals surface area (Å²) < 4.78 is 0. The van der Waals surface area contributed by atoms with Gasteiger partial charge in [-0.3, -0.25) is 4.79 Å². The summed E-state index contributed by atoms with van der Waals surface area (Å²) in [5.41, 5.74) is 2.26. The van der Waals surface area contributed by atoms with Gasteiger partial charge in [0.05, 0.1) is 0 Å². The van der Waals surface area contributed by atoms with Crippen molar-refractivity contribution in [3.8, 4) is 0 Å². The Hall–Kier alpha value is -2.53. The average molecular weight is 337 g/mol. The number of rotatable bonds is 6. The lowest BCUT2D eigenvalue weighted by Gasteiger charge is -2.17. The van der Waals surface area contributed by atoms with Gasteiger partial charge in [-0.05, 0) is 17.5 Å². The second-order valence-corrected chi connectivity index (χ2v) is 6.54. The van der Waals surface area contributed by atoms with Crippen LogP contribution in [0.25, 0.3) is 0 Å². The van der Waals surface area contributed by atoms with E-state index in [1.807, 2.05) is 43.3 Å². The molecule has 5 heteroatoms. The van der Waals surface area contributed by atoms with Crippen LogP contribution in [-0.2, 0) is 11.2 Å². The molecule has 0 radical (unpaired) electrons. The van der Waals surface area contributed by atoms with Crippen LogP contribution in [0.5, 0.6) is 0 Å². The maximum Gasteiger partial charge on any atom is 0.227 e. The van der Waals surface area contributed by atoms with E-state index in [2.05, 4.69) is 39.8 Å². The summed E-state index contributed by atoms with van der Waals surface area (Å²) in [6.45, 7) is 2.02. The highest BCUT2D eigenvalue weighted by molar-refractivity contribution is 7.15. The molecule has 0 saturated carbocycles. The van der Waals surface area contributed by atoms with Crippen molar-refractivity contribution >= 4 is 22.4 Å². The minimum absolute atomic E-state index is 0.0194. The molecular formula is C19H19N3OS. The SMILES string of the molecule is CCc1nnc(NC(=O)CC(c2ccccc2)c2ccccc2)s1. The van der Waals surface area contributed by atoms with Crippen LogP contribution in [0.15, 0.2) is 60.7 Å². The Morgan fingerprint density at radius 1 is 1.00 bits per heavy atom. The molecule has 3 aromatic rings. The minimum Gasteiger partial charge on any atom is -0.300 e. The van der Waals surface area contributed by atoms with Crippen LogP contribution in [0.4, 0.5) is 5.13 Å². The maximum atomic E-state index is 12.5. The van der Waals surface area contributed by atoms with E-state index in [-0.39, 0.29) is 11.8 Å². The third-order valence-corrected chi connectivity index (χ3v) is 4.79. The number of nitrogens with zero attached hydrogens (tertiary/aromatic N) is 2. The number of aromatic nitrogens is 2. The van der Waals surface area contributed by atoms with Crippen LogP contribution in [0.1, 0.15) is 35.4 Å². The Morgan fingerprint density at radius 3 is 2.08 bits per heavy atom. The molecule has 0 aliphatic rings. The highest BCUT2D eigenvalue weighted by atomic mass is 32.1. The van der Waals surface area contributed by atoms with Gasteiger partial charge in [0, 0.05) is 12.3 Å². The molecule has 4 nitrogen and oxygen atoms in total. The fourth-order valence-corrected chi connectivity index (χ4v) is 3.30. The highest BCUT2D eigenvalue weighted by Crippen LogP contribution is 2.28. The third-order valence-electron chi connectivity index (χ3n) is 3.81. The van der Waals surface area contributed by atoms with Crippen molar-refractivity contribution in [1.82, 2.24) is 10.2 Å². The molecule has 0 spiro atoms. The van der Waals surface area contributed by atoms with E-state index < -0.39 is 0 Å². The first-order valence-corrected chi connectivity index (χ1v) is 8.80. The standard InChI is InChI=1S/C19H19N3OS/c1-2-18-21-22-19(24-18)20-17(23)13-16(14-9-5-3-6-10-14)15-11-7-4-8-12-15/h3-12,16H,2,13H2,1H3,(H,20,22,23). The molecule has 1 heterocycles. The second kappa shape index (κ2) is 7.84. The van der Waals surface area contributed by atoms with Crippen molar-refractivity contribution in [3.63, 3.8) is 0 Å². The molecule has 0 aliphatic carbocycles. The van der Waals surface area contributed by atoms with Gasteiger partial charge >= 0.3 is 0 Å². The first-order valence-electron chi connectivity index (χ1n) is 7.98. The number of carbonyl (C=O) groups excluding carboxylic acids is 1. The van der Waals surface area contributed by atoms with Gasteiger partial charge in [0.15, 0.2) is 0 Å². The summed E-state index contributed by atoms with van der Waals surface area (Å²) in [5, 5.41) is 12.4. The van der Waals surface area contributed by atoms with E-state index in [0.29, 0.717) is 11.6 Å². The number of carbonyl (C=O) groups is 1. The van der Waals surface area contributed by atoms with Gasteiger partial charge in [-0.2, -0.15) is 0 Å². The average Bonchev–Trinajstić information content (AvgIpc) is 3.08. The topological polar surface area (TPSA) is 54.9 Å². The van der Waals surface area contributed by atoms with Crippen LogP contribution < -0.4 is 5.32 Å². The Labute approximate surface area is 145 Å². The van der Waals surface area contributed by atoms with Crippen molar-refractivity contribution in [3.05, 3.63) is 76.8 Å². The number of amides is 1. The largest absolute Gasteiger partial charge is 0.300 e. The van der Waals surface area contributed by atoms with Crippen LogP contribution in [0, 0.1) is 0 Å². The van der Waals surface area contributed by atoms with Crippen LogP contribution in [0.2, 0.25) is 0 Å². The number of benzene rings is 2. The molecule has 0 saturated heterocycles. The summed E-state index contributed by atoms with van der Waals surface area (Å²) in [5.74, 6) is -0.0301. The zero-order valence-corrected chi connectivity index (χ0v) is 14.3. The molecule has 3 rings (SSSR count). The highest BCUT2D eigenvalue weighted by Gasteiger charge is 2.19. The summed E-state index contributed by atoms with van der Waals surface area (Å²) in [4.78, 5) is 12.5. The lowest BCUT2D eigenvalue weighted by Crippen LogP contribution is -2.16. The van der Waals surface area contributed by atoms with Gasteiger partial charge in [-0.1, -0.05) is 78.9 Å². The maximum absolute atomic E-state index is 12.5. The van der Waals surface area contributed by atoms with Gasteiger partial charge < -0.3 is 5.32 Å². The monoisotopic (exact) mass is 337 g/mol. The number of anilines is 1. The van der Waals surface area contributed by atoms with E-state index in [4.69, 9.17) is 0 Å². The van der Waals surface area contributed by atoms with Gasteiger partial charge in [-0.15, -0.1) is 10.2 Å². The summed E-state index contributed by atoms with van der Waals surface area (Å²) in [6, 6.07) is 20.2. The molecule has 0 unspecified atom stereocenters. The van der Waals surface area contributed by atoms with Crippen LogP contribution >= 0.6 is 11.3 Å². The first kappa shape index (κ1) is 16.3. The molecule has 0 aliphatic heterocycles. The fraction of sp³-hybridized carbons (Fsp3) is 0.211. The number of hydrogen-bond acceptors (Lipinski definition) is 4. The van der Waals surface area contributed by atoms with E-state index in [1.165, 1.54) is 11.3 Å². The second-order valence-electron chi connectivity index (χ2n) is 5.48. The lowest BCUT2D eigenvalue weighted by molar-refractivity contribution is -0.116. The molecule has 122 valence electrons.